The molecule has 0 aliphatic carbocycles. The number of alkyl halides is 3. The molecular weight excluding hydrogens is 314 g/mol. The third kappa shape index (κ3) is 4.13. The smallest absolute Gasteiger partial charge is 0.419 e. The lowest BCUT2D eigenvalue weighted by Gasteiger charge is -2.14. The zero-order valence-electron chi connectivity index (χ0n) is 12.2. The van der Waals surface area contributed by atoms with E-state index in [9.17, 15) is 22.7 Å². The van der Waals surface area contributed by atoms with Gasteiger partial charge in [0.1, 0.15) is 11.6 Å². The number of nitrogens with one attached hydrogen (secondary N) is 1. The summed E-state index contributed by atoms with van der Waals surface area (Å²) in [4.78, 5) is 0. The molecule has 2 aromatic rings. The van der Waals surface area contributed by atoms with E-state index in [4.69, 9.17) is 4.74 Å². The molecule has 23 heavy (non-hydrogen) atoms. The van der Waals surface area contributed by atoms with E-state index in [-0.39, 0.29) is 18.7 Å². The number of hydrogen-bond donors (Lipinski definition) is 2. The summed E-state index contributed by atoms with van der Waals surface area (Å²) in [5.41, 5.74) is 0.0843. The fourth-order valence-corrected chi connectivity index (χ4v) is 2.10. The van der Waals surface area contributed by atoms with Crippen LogP contribution in [0, 0.1) is 5.82 Å². The molecule has 0 amide bonds. The van der Waals surface area contributed by atoms with Gasteiger partial charge in [-0.3, -0.25) is 0 Å². The van der Waals surface area contributed by atoms with Crippen LogP contribution in [0.25, 0.3) is 0 Å². The van der Waals surface area contributed by atoms with Gasteiger partial charge in [0, 0.05) is 17.8 Å². The Morgan fingerprint density at radius 3 is 2.48 bits per heavy atom. The number of aliphatic hydroxyl groups is 1. The van der Waals surface area contributed by atoms with Gasteiger partial charge in [-0.15, -0.1) is 0 Å². The van der Waals surface area contributed by atoms with Gasteiger partial charge in [-0.1, -0.05) is 6.07 Å². The van der Waals surface area contributed by atoms with E-state index in [1.54, 1.807) is 18.2 Å². The highest BCUT2D eigenvalue weighted by atomic mass is 19.4. The normalized spacial score (nSPS) is 11.4. The second kappa shape index (κ2) is 6.87. The second-order valence-electron chi connectivity index (χ2n) is 4.85. The van der Waals surface area contributed by atoms with Crippen LogP contribution in [0.1, 0.15) is 16.7 Å². The van der Waals surface area contributed by atoms with Crippen molar-refractivity contribution in [3.8, 4) is 5.75 Å². The lowest BCUT2D eigenvalue weighted by Crippen LogP contribution is -2.10. The van der Waals surface area contributed by atoms with Crippen molar-refractivity contribution < 1.29 is 27.4 Å². The number of rotatable bonds is 5. The fourth-order valence-electron chi connectivity index (χ4n) is 2.10. The number of methoxy groups -OCH3 is 1. The van der Waals surface area contributed by atoms with Crippen LogP contribution in [-0.2, 0) is 19.3 Å². The van der Waals surface area contributed by atoms with Crippen molar-refractivity contribution in [2.24, 2.45) is 0 Å². The van der Waals surface area contributed by atoms with Crippen LogP contribution >= 0.6 is 0 Å². The third-order valence-corrected chi connectivity index (χ3v) is 3.30. The quantitative estimate of drug-likeness (QED) is 0.816. The highest BCUT2D eigenvalue weighted by molar-refractivity contribution is 5.54. The van der Waals surface area contributed by atoms with Gasteiger partial charge in [-0.2, -0.15) is 13.2 Å². The van der Waals surface area contributed by atoms with Crippen LogP contribution < -0.4 is 10.1 Å². The lowest BCUT2D eigenvalue weighted by atomic mass is 10.1. The van der Waals surface area contributed by atoms with Gasteiger partial charge in [0.15, 0.2) is 0 Å². The first kappa shape index (κ1) is 17.1. The molecule has 0 atom stereocenters. The third-order valence-electron chi connectivity index (χ3n) is 3.30. The van der Waals surface area contributed by atoms with Crippen molar-refractivity contribution in [2.45, 2.75) is 19.3 Å². The van der Waals surface area contributed by atoms with E-state index in [0.29, 0.717) is 17.0 Å². The predicted octanol–water partition coefficient (Wildman–Crippen LogP) is 3.96. The molecule has 0 unspecified atom stereocenters. The van der Waals surface area contributed by atoms with E-state index in [1.165, 1.54) is 13.2 Å². The number of aliphatic hydroxyl groups excluding tert-OH is 1. The fraction of sp³-hybridized carbons (Fsp3) is 0.250. The largest absolute Gasteiger partial charge is 0.497 e. The predicted molar refractivity (Wildman–Crippen MR) is 77.6 cm³/mol. The first-order chi connectivity index (χ1) is 10.8. The summed E-state index contributed by atoms with van der Waals surface area (Å²) in [7, 11) is 1.49. The van der Waals surface area contributed by atoms with Crippen LogP contribution in [0.15, 0.2) is 36.4 Å². The molecule has 0 fully saturated rings. The molecule has 0 aromatic heterocycles. The average Bonchev–Trinajstić information content (AvgIpc) is 2.52. The molecule has 0 aliphatic heterocycles. The minimum Gasteiger partial charge on any atom is -0.497 e. The molecule has 0 bridgehead atoms. The van der Waals surface area contributed by atoms with Gasteiger partial charge in [0.25, 0.3) is 0 Å². The van der Waals surface area contributed by atoms with Gasteiger partial charge < -0.3 is 15.2 Å². The Kier molecular flexibility index (Phi) is 5.10. The summed E-state index contributed by atoms with van der Waals surface area (Å²) in [5, 5.41) is 12.3. The van der Waals surface area contributed by atoms with Gasteiger partial charge >= 0.3 is 6.18 Å². The first-order valence-electron chi connectivity index (χ1n) is 6.72. The Hall–Kier alpha value is -2.28. The number of ether oxygens (including phenoxy) is 1. The van der Waals surface area contributed by atoms with Crippen molar-refractivity contribution >= 4 is 5.69 Å². The molecule has 0 heterocycles. The Morgan fingerprint density at radius 2 is 1.87 bits per heavy atom. The standard InChI is InChI=1S/C16H15F4NO2/c1-23-12-3-5-15(11(7-12)9-22)21-8-10-2-4-14(17)13(6-10)16(18,19)20/h2-7,21-22H,8-9H2,1H3. The summed E-state index contributed by atoms with van der Waals surface area (Å²) in [6.45, 7) is -0.195. The number of anilines is 1. The first-order valence-corrected chi connectivity index (χ1v) is 6.72. The molecule has 0 saturated heterocycles. The Morgan fingerprint density at radius 1 is 1.13 bits per heavy atom. The van der Waals surface area contributed by atoms with Crippen LogP contribution in [0.4, 0.5) is 23.2 Å². The van der Waals surface area contributed by atoms with Crippen molar-refractivity contribution in [3.63, 3.8) is 0 Å². The molecule has 0 aliphatic rings. The summed E-state index contributed by atoms with van der Waals surface area (Å²) in [6.07, 6.45) is -4.74. The van der Waals surface area contributed by atoms with Gasteiger partial charge in [0.2, 0.25) is 0 Å². The second-order valence-corrected chi connectivity index (χ2v) is 4.85. The lowest BCUT2D eigenvalue weighted by molar-refractivity contribution is -0.140. The molecule has 7 heteroatoms. The van der Waals surface area contributed by atoms with Gasteiger partial charge in [0.05, 0.1) is 19.3 Å². The highest BCUT2D eigenvalue weighted by Gasteiger charge is 2.34. The Labute approximate surface area is 130 Å². The Bertz CT molecular complexity index is 686. The minimum absolute atomic E-state index is 0.0582. The summed E-state index contributed by atoms with van der Waals surface area (Å²) >= 11 is 0. The number of halogens is 4. The van der Waals surface area contributed by atoms with Crippen LogP contribution in [0.3, 0.4) is 0 Å². The molecule has 0 saturated carbocycles. The summed E-state index contributed by atoms with van der Waals surface area (Å²) < 4.78 is 56.3. The van der Waals surface area contributed by atoms with E-state index >= 15 is 0 Å². The maximum atomic E-state index is 13.2. The zero-order chi connectivity index (χ0) is 17.0. The van der Waals surface area contributed by atoms with E-state index < -0.39 is 17.6 Å². The number of hydrogen-bond acceptors (Lipinski definition) is 3. The topological polar surface area (TPSA) is 41.5 Å². The van der Waals surface area contributed by atoms with E-state index in [1.807, 2.05) is 0 Å². The average molecular weight is 329 g/mol. The maximum Gasteiger partial charge on any atom is 0.419 e. The van der Waals surface area contributed by atoms with Crippen LogP contribution in [0.5, 0.6) is 5.75 Å². The number of benzene rings is 2. The molecule has 0 radical (unpaired) electrons. The SMILES string of the molecule is COc1ccc(NCc2ccc(F)c(C(F)(F)F)c2)c(CO)c1. The zero-order valence-corrected chi connectivity index (χ0v) is 12.2. The summed E-state index contributed by atoms with van der Waals surface area (Å²) in [6, 6.07) is 7.77. The van der Waals surface area contributed by atoms with Crippen LogP contribution in [0.2, 0.25) is 0 Å². The van der Waals surface area contributed by atoms with Crippen molar-refractivity contribution in [1.82, 2.24) is 0 Å². The summed E-state index contributed by atoms with van der Waals surface area (Å²) in [5.74, 6) is -0.748. The minimum atomic E-state index is -4.74. The van der Waals surface area contributed by atoms with Crippen molar-refractivity contribution in [3.05, 3.63) is 58.9 Å². The van der Waals surface area contributed by atoms with Crippen LogP contribution in [-0.4, -0.2) is 12.2 Å². The Balaban J connectivity index is 2.18. The molecular formula is C16H15F4NO2. The molecule has 0 spiro atoms. The molecule has 2 aromatic carbocycles. The van der Waals surface area contributed by atoms with Crippen molar-refractivity contribution in [1.29, 1.82) is 0 Å². The van der Waals surface area contributed by atoms with Gasteiger partial charge in [-0.05, 0) is 35.9 Å². The maximum absolute atomic E-state index is 13.2. The molecule has 2 rings (SSSR count). The monoisotopic (exact) mass is 329 g/mol. The van der Waals surface area contributed by atoms with E-state index in [0.717, 1.165) is 12.1 Å². The molecule has 3 nitrogen and oxygen atoms in total. The molecule has 124 valence electrons. The van der Waals surface area contributed by atoms with Crippen molar-refractivity contribution in [2.75, 3.05) is 12.4 Å². The van der Waals surface area contributed by atoms with E-state index in [2.05, 4.69) is 5.32 Å². The highest BCUT2D eigenvalue weighted by Crippen LogP contribution is 2.32. The molecule has 2 N–H and O–H groups in total. The van der Waals surface area contributed by atoms with Gasteiger partial charge in [-0.25, -0.2) is 4.39 Å².